The topological polar surface area (TPSA) is 156 Å². The second kappa shape index (κ2) is 7.85. The number of ether oxygens (including phenoxy) is 1. The molecule has 160 valence electrons. The van der Waals surface area contributed by atoms with Gasteiger partial charge >= 0.3 is 10.1 Å². The summed E-state index contributed by atoms with van der Waals surface area (Å²) in [5.74, 6) is -1.19. The fourth-order valence-electron chi connectivity index (χ4n) is 2.40. The summed E-state index contributed by atoms with van der Waals surface area (Å²) in [5, 5.41) is 13.2. The van der Waals surface area contributed by atoms with E-state index in [1.165, 1.54) is 38.3 Å². The fraction of sp³-hybridized carbons (Fsp3) is 0.250. The number of thioether (sulfide) groups is 1. The van der Waals surface area contributed by atoms with Crippen molar-refractivity contribution in [2.75, 3.05) is 19.1 Å². The number of hydrogen-bond donors (Lipinski definition) is 1. The first-order valence-electron chi connectivity index (χ1n) is 8.25. The number of hydrogen-bond acceptors (Lipinski definition) is 10. The Hall–Kier alpha value is -2.71. The standard InChI is InChI=1S/C16H16N4O7S3/c1-4-30(24,25)16-19-20-13(17)10(14(21)18-15(20)28-16)7-9-5-6-11(12(8-9)26-2)27-29(3,22)23/h5-8,17H,4H2,1-3H3/b10-7+,17-13?. The van der Waals surface area contributed by atoms with Crippen LogP contribution in [0, 0.1) is 5.41 Å². The van der Waals surface area contributed by atoms with Gasteiger partial charge in [0.2, 0.25) is 19.4 Å². The van der Waals surface area contributed by atoms with E-state index < -0.39 is 25.9 Å². The number of methoxy groups -OCH3 is 1. The lowest BCUT2D eigenvalue weighted by Crippen LogP contribution is -2.35. The number of amidine groups is 2. The van der Waals surface area contributed by atoms with Crippen molar-refractivity contribution in [1.29, 1.82) is 5.41 Å². The van der Waals surface area contributed by atoms with Crippen molar-refractivity contribution in [3.8, 4) is 11.5 Å². The molecule has 14 heteroatoms. The Morgan fingerprint density at radius 3 is 2.53 bits per heavy atom. The minimum absolute atomic E-state index is 0.0105. The summed E-state index contributed by atoms with van der Waals surface area (Å²) in [6.45, 7) is 1.46. The maximum absolute atomic E-state index is 12.4. The van der Waals surface area contributed by atoms with Gasteiger partial charge in [-0.15, -0.1) is 5.10 Å². The van der Waals surface area contributed by atoms with Crippen LogP contribution in [0.15, 0.2) is 33.9 Å². The first kappa shape index (κ1) is 22.0. The highest BCUT2D eigenvalue weighted by molar-refractivity contribution is 8.42. The van der Waals surface area contributed by atoms with Crippen LogP contribution in [0.2, 0.25) is 0 Å². The van der Waals surface area contributed by atoms with E-state index in [4.69, 9.17) is 14.3 Å². The molecule has 0 aliphatic carbocycles. The molecule has 0 saturated heterocycles. The Morgan fingerprint density at radius 1 is 1.23 bits per heavy atom. The van der Waals surface area contributed by atoms with Gasteiger partial charge in [-0.1, -0.05) is 13.0 Å². The van der Waals surface area contributed by atoms with Crippen LogP contribution in [0.1, 0.15) is 12.5 Å². The second-order valence-corrected chi connectivity index (χ2v) is 11.0. The van der Waals surface area contributed by atoms with E-state index in [9.17, 15) is 21.6 Å². The van der Waals surface area contributed by atoms with Gasteiger partial charge in [0.25, 0.3) is 5.91 Å². The quantitative estimate of drug-likeness (QED) is 0.489. The Morgan fingerprint density at radius 2 is 1.93 bits per heavy atom. The van der Waals surface area contributed by atoms with E-state index in [2.05, 4.69) is 10.1 Å². The third-order valence-corrected chi connectivity index (χ3v) is 7.39. The van der Waals surface area contributed by atoms with Crippen LogP contribution >= 0.6 is 11.8 Å². The fourth-order valence-corrected chi connectivity index (χ4v) is 5.02. The van der Waals surface area contributed by atoms with Crippen molar-refractivity contribution in [2.45, 2.75) is 6.92 Å². The van der Waals surface area contributed by atoms with E-state index in [-0.39, 0.29) is 38.2 Å². The van der Waals surface area contributed by atoms with Gasteiger partial charge in [0, 0.05) is 0 Å². The van der Waals surface area contributed by atoms with Crippen LogP contribution in [0.5, 0.6) is 11.5 Å². The molecule has 0 spiro atoms. The van der Waals surface area contributed by atoms with Gasteiger partial charge in [-0.25, -0.2) is 8.42 Å². The number of sulfone groups is 1. The summed E-state index contributed by atoms with van der Waals surface area (Å²) in [7, 11) is -6.07. The monoisotopic (exact) mass is 472 g/mol. The molecule has 0 radical (unpaired) electrons. The SMILES string of the molecule is CCS(=O)(=O)C1=NN2C(=N)/C(=C\c3ccc(OS(C)(=O)=O)c(OC)c3)C(=O)N=C2S1. The summed E-state index contributed by atoms with van der Waals surface area (Å²) < 4.78 is 56.5. The Kier molecular flexibility index (Phi) is 5.75. The Labute approximate surface area is 177 Å². The first-order valence-corrected chi connectivity index (χ1v) is 12.5. The zero-order chi connectivity index (χ0) is 22.3. The highest BCUT2D eigenvalue weighted by Gasteiger charge is 2.39. The lowest BCUT2D eigenvalue weighted by Gasteiger charge is -2.20. The molecule has 1 amide bonds. The second-order valence-electron chi connectivity index (χ2n) is 5.99. The first-order chi connectivity index (χ1) is 13.9. The lowest BCUT2D eigenvalue weighted by molar-refractivity contribution is -0.114. The van der Waals surface area contributed by atoms with E-state index in [1.807, 2.05) is 0 Å². The molecule has 0 fully saturated rings. The zero-order valence-corrected chi connectivity index (χ0v) is 18.4. The number of aliphatic imine (C=N–C) groups is 1. The molecular weight excluding hydrogens is 456 g/mol. The summed E-state index contributed by atoms with van der Waals surface area (Å²) in [6.07, 6.45) is 2.23. The summed E-state index contributed by atoms with van der Waals surface area (Å²) in [5.41, 5.74) is 0.272. The maximum atomic E-state index is 12.4. The van der Waals surface area contributed by atoms with Gasteiger partial charge in [0.1, 0.15) is 0 Å². The van der Waals surface area contributed by atoms with Crippen LogP contribution in [-0.2, 0) is 24.7 Å². The van der Waals surface area contributed by atoms with Crippen molar-refractivity contribution in [3.63, 3.8) is 0 Å². The molecule has 11 nitrogen and oxygen atoms in total. The van der Waals surface area contributed by atoms with Gasteiger partial charge in [-0.05, 0) is 35.5 Å². The average molecular weight is 473 g/mol. The van der Waals surface area contributed by atoms with E-state index in [1.54, 1.807) is 0 Å². The molecule has 1 aromatic rings. The maximum Gasteiger partial charge on any atom is 0.306 e. The molecule has 1 aromatic carbocycles. The summed E-state index contributed by atoms with van der Waals surface area (Å²) in [6, 6.07) is 4.22. The van der Waals surface area contributed by atoms with E-state index in [0.717, 1.165) is 11.3 Å². The van der Waals surface area contributed by atoms with Crippen molar-refractivity contribution in [2.24, 2.45) is 10.1 Å². The molecule has 1 N–H and O–H groups in total. The predicted octanol–water partition coefficient (Wildman–Crippen LogP) is 1.04. The molecule has 30 heavy (non-hydrogen) atoms. The van der Waals surface area contributed by atoms with Gasteiger partial charge in [-0.2, -0.15) is 18.4 Å². The summed E-state index contributed by atoms with van der Waals surface area (Å²) in [4.78, 5) is 16.2. The van der Waals surface area contributed by atoms with Crippen LogP contribution < -0.4 is 8.92 Å². The molecule has 0 saturated carbocycles. The number of hydrazone groups is 1. The largest absolute Gasteiger partial charge is 0.493 e. The molecule has 0 atom stereocenters. The van der Waals surface area contributed by atoms with Crippen LogP contribution in [-0.4, -0.2) is 62.2 Å². The van der Waals surface area contributed by atoms with Gasteiger partial charge in [0.05, 0.1) is 24.7 Å². The van der Waals surface area contributed by atoms with Crippen molar-refractivity contribution >= 4 is 59.1 Å². The minimum Gasteiger partial charge on any atom is -0.493 e. The van der Waals surface area contributed by atoms with Gasteiger partial charge in [0.15, 0.2) is 17.3 Å². The Bertz CT molecular complexity index is 1250. The number of carbonyl (C=O) groups excluding carboxylic acids is 1. The predicted molar refractivity (Wildman–Crippen MR) is 113 cm³/mol. The highest BCUT2D eigenvalue weighted by atomic mass is 32.3. The molecule has 2 heterocycles. The number of nitrogens with one attached hydrogen (secondary N) is 1. The number of rotatable bonds is 5. The van der Waals surface area contributed by atoms with Crippen molar-refractivity contribution in [1.82, 2.24) is 5.01 Å². The third-order valence-electron chi connectivity index (χ3n) is 3.82. The Balaban J connectivity index is 1.97. The van der Waals surface area contributed by atoms with Crippen LogP contribution in [0.4, 0.5) is 0 Å². The molecular formula is C16H16N4O7S3. The molecule has 0 aromatic heterocycles. The highest BCUT2D eigenvalue weighted by Crippen LogP contribution is 2.32. The molecule has 2 aliphatic heterocycles. The van der Waals surface area contributed by atoms with E-state index >= 15 is 0 Å². The molecule has 2 aliphatic rings. The number of carbonyl (C=O) groups is 1. The van der Waals surface area contributed by atoms with Crippen molar-refractivity contribution < 1.29 is 30.6 Å². The normalized spacial score (nSPS) is 18.2. The lowest BCUT2D eigenvalue weighted by atomic mass is 10.1. The smallest absolute Gasteiger partial charge is 0.306 e. The third kappa shape index (κ3) is 4.39. The number of amides is 1. The van der Waals surface area contributed by atoms with Crippen LogP contribution in [0.25, 0.3) is 6.08 Å². The minimum atomic E-state index is -3.77. The van der Waals surface area contributed by atoms with Gasteiger partial charge < -0.3 is 8.92 Å². The summed E-state index contributed by atoms with van der Waals surface area (Å²) >= 11 is 0.711. The molecule has 0 bridgehead atoms. The van der Waals surface area contributed by atoms with Gasteiger partial charge in [-0.3, -0.25) is 10.2 Å². The van der Waals surface area contributed by atoms with Crippen LogP contribution in [0.3, 0.4) is 0 Å². The van der Waals surface area contributed by atoms with E-state index in [0.29, 0.717) is 17.3 Å². The zero-order valence-electron chi connectivity index (χ0n) is 15.9. The molecule has 3 rings (SSSR count). The number of fused-ring (bicyclic) bond motifs is 1. The average Bonchev–Trinajstić information content (AvgIpc) is 3.10. The number of benzene rings is 1. The van der Waals surface area contributed by atoms with Crippen molar-refractivity contribution in [3.05, 3.63) is 29.3 Å². The molecule has 0 unspecified atom stereocenters. The number of nitrogens with zero attached hydrogens (tertiary/aromatic N) is 3.